The Bertz CT molecular complexity index is 372. The molecule has 0 radical (unpaired) electrons. The van der Waals surface area contributed by atoms with Gasteiger partial charge in [-0.25, -0.2) is 10.1 Å². The Morgan fingerprint density at radius 3 is 2.28 bits per heavy atom. The summed E-state index contributed by atoms with van der Waals surface area (Å²) >= 11 is 0. The van der Waals surface area contributed by atoms with E-state index in [4.69, 9.17) is 0 Å². The third kappa shape index (κ3) is 4.51. The van der Waals surface area contributed by atoms with E-state index in [-0.39, 0.29) is 5.03 Å². The van der Waals surface area contributed by atoms with Crippen LogP contribution in [0.2, 0.25) is 0 Å². The van der Waals surface area contributed by atoms with Gasteiger partial charge in [0.15, 0.2) is 5.03 Å². The molecule has 4 nitrogen and oxygen atoms in total. The maximum atomic E-state index is 11.0. The lowest BCUT2D eigenvalue weighted by atomic mass is 10.1. The summed E-state index contributed by atoms with van der Waals surface area (Å²) in [6.45, 7) is 4.31. The van der Waals surface area contributed by atoms with Crippen molar-refractivity contribution < 1.29 is 5.03 Å². The molecule has 1 aromatic rings. The molecular weight excluding hydrogens is 228 g/mol. The summed E-state index contributed by atoms with van der Waals surface area (Å²) in [7, 11) is 0. The average Bonchev–Trinajstić information content (AvgIpc) is 2.73. The lowest BCUT2D eigenvalue weighted by molar-refractivity contribution is -0.543. The molecule has 0 spiro atoms. The van der Waals surface area contributed by atoms with Crippen LogP contribution in [0.15, 0.2) is 12.3 Å². The summed E-state index contributed by atoms with van der Waals surface area (Å²) in [5.74, 6) is 0. The molecule has 0 aliphatic heterocycles. The van der Waals surface area contributed by atoms with Gasteiger partial charge in [-0.1, -0.05) is 44.2 Å². The van der Waals surface area contributed by atoms with E-state index in [2.05, 4.69) is 13.8 Å². The Morgan fingerprint density at radius 1 is 1.11 bits per heavy atom. The summed E-state index contributed by atoms with van der Waals surface area (Å²) in [5.41, 5.74) is 1.95. The third-order valence-electron chi connectivity index (χ3n) is 3.22. The fourth-order valence-corrected chi connectivity index (χ4v) is 2.17. The van der Waals surface area contributed by atoms with Gasteiger partial charge in [0.05, 0.1) is 11.9 Å². The Labute approximate surface area is 109 Å². The van der Waals surface area contributed by atoms with Crippen LogP contribution in [-0.2, 0) is 12.8 Å². The van der Waals surface area contributed by atoms with Crippen LogP contribution in [0.25, 0.3) is 0 Å². The second-order valence-corrected chi connectivity index (χ2v) is 4.84. The van der Waals surface area contributed by atoms with Gasteiger partial charge in [-0.2, -0.15) is 0 Å². The monoisotopic (exact) mass is 252 g/mol. The molecule has 4 heteroatoms. The van der Waals surface area contributed by atoms with Crippen molar-refractivity contribution in [3.05, 3.63) is 33.6 Å². The maximum Gasteiger partial charge on any atom is 0.169 e. The molecule has 0 aromatic carbocycles. The van der Waals surface area contributed by atoms with Gasteiger partial charge in [-0.05, 0) is 37.3 Å². The summed E-state index contributed by atoms with van der Waals surface area (Å²) in [6, 6.07) is 2.01. The van der Waals surface area contributed by atoms with Crippen molar-refractivity contribution in [2.75, 3.05) is 0 Å². The number of hydrogen-bond acceptors (Lipinski definition) is 2. The molecule has 18 heavy (non-hydrogen) atoms. The van der Waals surface area contributed by atoms with Crippen molar-refractivity contribution in [1.82, 2.24) is 4.68 Å². The zero-order valence-corrected chi connectivity index (χ0v) is 11.5. The molecule has 0 aliphatic rings. The third-order valence-corrected chi connectivity index (χ3v) is 3.22. The molecule has 0 atom stereocenters. The van der Waals surface area contributed by atoms with Gasteiger partial charge in [0.25, 0.3) is 0 Å². The van der Waals surface area contributed by atoms with Gasteiger partial charge < -0.3 is 0 Å². The smallest absolute Gasteiger partial charge is 0.169 e. The first kappa shape index (κ1) is 14.7. The van der Waals surface area contributed by atoms with E-state index in [1.54, 1.807) is 6.20 Å². The van der Waals surface area contributed by atoms with E-state index < -0.39 is 0 Å². The molecule has 0 saturated heterocycles. The molecular formula is C14H24N2O2. The normalized spacial score (nSPS) is 10.8. The van der Waals surface area contributed by atoms with Crippen LogP contribution < -0.4 is 0 Å². The van der Waals surface area contributed by atoms with Crippen molar-refractivity contribution in [3.8, 4) is 0 Å². The van der Waals surface area contributed by atoms with Crippen LogP contribution in [0.1, 0.15) is 63.6 Å². The quantitative estimate of drug-likeness (QED) is 0.379. The average molecular weight is 252 g/mol. The predicted molar refractivity (Wildman–Crippen MR) is 73.3 cm³/mol. The Hall–Kier alpha value is -1.32. The topological polar surface area (TPSA) is 48.1 Å². The molecule has 1 rings (SSSR count). The predicted octanol–water partition coefficient (Wildman–Crippen LogP) is 3.99. The first-order valence-corrected chi connectivity index (χ1v) is 7.03. The number of rotatable bonds is 9. The molecule has 102 valence electrons. The molecule has 0 aliphatic carbocycles. The van der Waals surface area contributed by atoms with Crippen molar-refractivity contribution in [1.29, 1.82) is 0 Å². The second-order valence-electron chi connectivity index (χ2n) is 4.84. The van der Waals surface area contributed by atoms with Gasteiger partial charge in [-0.15, -0.1) is 0 Å². The number of hydrogen-bond donors (Lipinski definition) is 0. The lowest BCUT2D eigenvalue weighted by Gasteiger charge is -1.99. The molecule has 1 heterocycles. The van der Waals surface area contributed by atoms with Crippen LogP contribution in [-0.4, -0.2) is 9.71 Å². The standard InChI is InChI=1S/C14H24N2O2/c1-3-5-7-9-13-11-14(10-8-6-4-2)15(12-13)16(17)18/h11-12H,3-10H2,1-2H3. The molecule has 0 fully saturated rings. The summed E-state index contributed by atoms with van der Waals surface area (Å²) in [6.07, 6.45) is 10.2. The SMILES string of the molecule is CCCCCc1cc(CCCCC)n([N+](=O)[O-])c1. The largest absolute Gasteiger partial charge is 0.234 e. The fraction of sp³-hybridized carbons (Fsp3) is 0.714. The highest BCUT2D eigenvalue weighted by atomic mass is 16.7. The molecule has 0 bridgehead atoms. The van der Waals surface area contributed by atoms with Gasteiger partial charge in [0, 0.05) is 0 Å². The van der Waals surface area contributed by atoms with Crippen LogP contribution in [0.3, 0.4) is 0 Å². The minimum atomic E-state index is -0.315. The van der Waals surface area contributed by atoms with Crippen molar-refractivity contribution in [2.24, 2.45) is 0 Å². The lowest BCUT2D eigenvalue weighted by Crippen LogP contribution is -2.10. The molecule has 1 aromatic heterocycles. The highest BCUT2D eigenvalue weighted by Crippen LogP contribution is 2.15. The fourth-order valence-electron chi connectivity index (χ4n) is 2.17. The van der Waals surface area contributed by atoms with Gasteiger partial charge in [0.1, 0.15) is 0 Å². The van der Waals surface area contributed by atoms with E-state index in [9.17, 15) is 10.1 Å². The molecule has 0 amide bonds. The first-order valence-electron chi connectivity index (χ1n) is 7.03. The minimum absolute atomic E-state index is 0.315. The summed E-state index contributed by atoms with van der Waals surface area (Å²) < 4.78 is 1.21. The van der Waals surface area contributed by atoms with Crippen molar-refractivity contribution in [3.63, 3.8) is 0 Å². The number of aryl methyl sites for hydroxylation is 2. The van der Waals surface area contributed by atoms with Gasteiger partial charge in [0.2, 0.25) is 0 Å². The zero-order valence-electron chi connectivity index (χ0n) is 11.5. The van der Waals surface area contributed by atoms with Crippen LogP contribution in [0, 0.1) is 10.1 Å². The van der Waals surface area contributed by atoms with Crippen LogP contribution in [0.4, 0.5) is 0 Å². The highest BCUT2D eigenvalue weighted by Gasteiger charge is 2.12. The van der Waals surface area contributed by atoms with E-state index in [0.717, 1.165) is 49.8 Å². The Kier molecular flexibility index (Phi) is 6.47. The summed E-state index contributed by atoms with van der Waals surface area (Å²) in [5, 5.41) is 10.7. The molecule has 0 saturated carbocycles. The minimum Gasteiger partial charge on any atom is -0.234 e. The molecule has 0 N–H and O–H groups in total. The van der Waals surface area contributed by atoms with Crippen LogP contribution >= 0.6 is 0 Å². The second kappa shape index (κ2) is 7.90. The maximum absolute atomic E-state index is 11.0. The van der Waals surface area contributed by atoms with E-state index in [1.165, 1.54) is 17.5 Å². The van der Waals surface area contributed by atoms with E-state index >= 15 is 0 Å². The van der Waals surface area contributed by atoms with Crippen molar-refractivity contribution >= 4 is 0 Å². The Balaban J connectivity index is 2.64. The number of unbranched alkanes of at least 4 members (excludes halogenated alkanes) is 4. The van der Waals surface area contributed by atoms with Gasteiger partial charge in [-0.3, -0.25) is 0 Å². The highest BCUT2D eigenvalue weighted by molar-refractivity contribution is 5.18. The Morgan fingerprint density at radius 2 is 1.72 bits per heavy atom. The number of aromatic nitrogens is 1. The first-order chi connectivity index (χ1) is 8.69. The van der Waals surface area contributed by atoms with Gasteiger partial charge >= 0.3 is 0 Å². The summed E-state index contributed by atoms with van der Waals surface area (Å²) in [4.78, 5) is 11.0. The van der Waals surface area contributed by atoms with Crippen LogP contribution in [0.5, 0.6) is 0 Å². The zero-order chi connectivity index (χ0) is 13.4. The van der Waals surface area contributed by atoms with Crippen molar-refractivity contribution in [2.45, 2.75) is 65.2 Å². The number of nitrogens with zero attached hydrogens (tertiary/aromatic N) is 2. The number of nitro groups is 1. The van der Waals surface area contributed by atoms with E-state index in [1.807, 2.05) is 6.07 Å². The molecule has 0 unspecified atom stereocenters. The van der Waals surface area contributed by atoms with E-state index in [0.29, 0.717) is 0 Å².